The lowest BCUT2D eigenvalue weighted by atomic mass is 9.97. The van der Waals surface area contributed by atoms with Gasteiger partial charge >= 0.3 is 5.97 Å². The summed E-state index contributed by atoms with van der Waals surface area (Å²) in [5.74, 6) is -1.95. The number of aryl methyl sites for hydroxylation is 1. The molecular formula is C17H24N2O5S. The van der Waals surface area contributed by atoms with Gasteiger partial charge in [0.2, 0.25) is 15.9 Å². The quantitative estimate of drug-likeness (QED) is 0.846. The first-order valence-corrected chi connectivity index (χ1v) is 9.65. The number of carboxylic acid groups (broad SMARTS) is 1. The van der Waals surface area contributed by atoms with E-state index in [2.05, 4.69) is 0 Å². The van der Waals surface area contributed by atoms with E-state index < -0.39 is 28.0 Å². The normalized spacial score (nSPS) is 20.0. The van der Waals surface area contributed by atoms with Crippen LogP contribution in [-0.4, -0.2) is 60.8 Å². The third-order valence-electron chi connectivity index (χ3n) is 4.68. The Bertz CT molecular complexity index is 745. The van der Waals surface area contributed by atoms with E-state index in [0.717, 1.165) is 5.56 Å². The van der Waals surface area contributed by atoms with Gasteiger partial charge in [-0.3, -0.25) is 4.79 Å². The van der Waals surface area contributed by atoms with Crippen molar-refractivity contribution >= 4 is 21.9 Å². The highest BCUT2D eigenvalue weighted by atomic mass is 32.2. The Morgan fingerprint density at radius 2 is 1.88 bits per heavy atom. The smallest absolute Gasteiger partial charge is 0.326 e. The van der Waals surface area contributed by atoms with Crippen molar-refractivity contribution in [3.63, 3.8) is 0 Å². The van der Waals surface area contributed by atoms with Gasteiger partial charge in [-0.15, -0.1) is 0 Å². The molecule has 2 atom stereocenters. The number of carbonyl (C=O) groups is 2. The molecule has 2 unspecified atom stereocenters. The van der Waals surface area contributed by atoms with Gasteiger partial charge in [0.1, 0.15) is 6.04 Å². The highest BCUT2D eigenvalue weighted by Gasteiger charge is 2.36. The summed E-state index contributed by atoms with van der Waals surface area (Å²) in [6, 6.07) is 5.66. The second kappa shape index (κ2) is 7.53. The van der Waals surface area contributed by atoms with Crippen molar-refractivity contribution in [2.75, 3.05) is 20.1 Å². The van der Waals surface area contributed by atoms with Gasteiger partial charge in [-0.25, -0.2) is 13.2 Å². The number of aliphatic carboxylic acids is 1. The van der Waals surface area contributed by atoms with Gasteiger partial charge in [-0.1, -0.05) is 17.7 Å². The minimum absolute atomic E-state index is 0.0751. The van der Waals surface area contributed by atoms with Crippen LogP contribution in [0.3, 0.4) is 0 Å². The number of carboxylic acids is 1. The summed E-state index contributed by atoms with van der Waals surface area (Å²) in [7, 11) is -2.22. The first-order valence-electron chi connectivity index (χ1n) is 8.21. The summed E-state index contributed by atoms with van der Waals surface area (Å²) < 4.78 is 26.9. The third-order valence-corrected chi connectivity index (χ3v) is 6.56. The van der Waals surface area contributed by atoms with Gasteiger partial charge in [0.25, 0.3) is 0 Å². The van der Waals surface area contributed by atoms with Crippen LogP contribution in [0, 0.1) is 12.8 Å². The minimum atomic E-state index is -3.66. The van der Waals surface area contributed by atoms with E-state index in [0.29, 0.717) is 19.4 Å². The van der Waals surface area contributed by atoms with Crippen molar-refractivity contribution in [3.05, 3.63) is 29.8 Å². The van der Waals surface area contributed by atoms with E-state index in [1.807, 2.05) is 6.92 Å². The van der Waals surface area contributed by atoms with Crippen LogP contribution >= 0.6 is 0 Å². The van der Waals surface area contributed by atoms with Crippen LogP contribution in [0.5, 0.6) is 0 Å². The summed E-state index contributed by atoms with van der Waals surface area (Å²) in [4.78, 5) is 25.0. The van der Waals surface area contributed by atoms with Crippen molar-refractivity contribution in [1.82, 2.24) is 9.21 Å². The molecule has 1 aromatic rings. The molecule has 0 bridgehead atoms. The zero-order valence-electron chi connectivity index (χ0n) is 14.7. The number of likely N-dealkylation sites (N-methyl/N-ethyl adjacent to an activating group) is 1. The number of hydrogen-bond donors (Lipinski definition) is 1. The summed E-state index contributed by atoms with van der Waals surface area (Å²) in [6.45, 7) is 3.75. The lowest BCUT2D eigenvalue weighted by molar-refractivity contribution is -0.150. The highest BCUT2D eigenvalue weighted by Crippen LogP contribution is 2.25. The second-order valence-corrected chi connectivity index (χ2v) is 8.42. The van der Waals surface area contributed by atoms with Crippen molar-refractivity contribution in [2.45, 2.75) is 37.6 Å². The first-order chi connectivity index (χ1) is 11.6. The molecule has 138 valence electrons. The summed E-state index contributed by atoms with van der Waals surface area (Å²) in [6.07, 6.45) is 1.12. The molecule has 1 fully saturated rings. The van der Waals surface area contributed by atoms with Crippen molar-refractivity contribution in [2.24, 2.45) is 5.92 Å². The van der Waals surface area contributed by atoms with Crippen LogP contribution in [0.2, 0.25) is 0 Å². The Hall–Kier alpha value is -1.93. The molecule has 25 heavy (non-hydrogen) atoms. The Kier molecular flexibility index (Phi) is 5.84. The highest BCUT2D eigenvalue weighted by molar-refractivity contribution is 7.89. The molecular weight excluding hydrogens is 344 g/mol. The number of benzene rings is 1. The maximum atomic E-state index is 12.8. The van der Waals surface area contributed by atoms with Crippen molar-refractivity contribution < 1.29 is 23.1 Å². The van der Waals surface area contributed by atoms with E-state index in [-0.39, 0.29) is 17.3 Å². The number of carbonyl (C=O) groups excluding carboxylic acids is 1. The van der Waals surface area contributed by atoms with Crippen LogP contribution < -0.4 is 0 Å². The molecule has 7 nitrogen and oxygen atoms in total. The van der Waals surface area contributed by atoms with E-state index in [9.17, 15) is 18.0 Å². The number of amides is 1. The van der Waals surface area contributed by atoms with Crippen LogP contribution in [0.15, 0.2) is 29.2 Å². The average molecular weight is 368 g/mol. The SMILES string of the molecule is Cc1ccc(S(=O)(=O)N2CCCC(C(=O)N(C)C(C)C(=O)O)C2)cc1. The van der Waals surface area contributed by atoms with E-state index >= 15 is 0 Å². The minimum Gasteiger partial charge on any atom is -0.480 e. The van der Waals surface area contributed by atoms with E-state index in [4.69, 9.17) is 5.11 Å². The average Bonchev–Trinajstić information content (AvgIpc) is 2.60. The Balaban J connectivity index is 2.16. The van der Waals surface area contributed by atoms with Gasteiger partial charge in [-0.2, -0.15) is 4.31 Å². The monoisotopic (exact) mass is 368 g/mol. The van der Waals surface area contributed by atoms with Crippen molar-refractivity contribution in [1.29, 1.82) is 0 Å². The van der Waals surface area contributed by atoms with Gasteiger partial charge in [0.05, 0.1) is 10.8 Å². The Labute approximate surface area is 148 Å². The molecule has 0 radical (unpaired) electrons. The molecule has 0 saturated carbocycles. The van der Waals surface area contributed by atoms with Crippen LogP contribution in [0.1, 0.15) is 25.3 Å². The summed E-state index contributed by atoms with van der Waals surface area (Å²) in [5, 5.41) is 9.05. The fourth-order valence-corrected chi connectivity index (χ4v) is 4.39. The predicted octanol–water partition coefficient (Wildman–Crippen LogP) is 1.33. The Morgan fingerprint density at radius 3 is 2.44 bits per heavy atom. The number of hydrogen-bond acceptors (Lipinski definition) is 4. The fourth-order valence-electron chi connectivity index (χ4n) is 2.87. The number of rotatable bonds is 5. The molecule has 1 aromatic carbocycles. The maximum absolute atomic E-state index is 12.8. The zero-order chi connectivity index (χ0) is 18.8. The lowest BCUT2D eigenvalue weighted by Crippen LogP contribution is -2.49. The summed E-state index contributed by atoms with van der Waals surface area (Å²) in [5.41, 5.74) is 0.968. The molecule has 2 rings (SSSR count). The molecule has 8 heteroatoms. The molecule has 0 aliphatic carbocycles. The van der Waals surface area contributed by atoms with Crippen molar-refractivity contribution in [3.8, 4) is 0 Å². The lowest BCUT2D eigenvalue weighted by Gasteiger charge is -2.34. The molecule has 1 N–H and O–H groups in total. The third kappa shape index (κ3) is 4.19. The van der Waals surface area contributed by atoms with Gasteiger partial charge in [0.15, 0.2) is 0 Å². The van der Waals surface area contributed by atoms with Gasteiger partial charge in [0, 0.05) is 20.1 Å². The fraction of sp³-hybridized carbons (Fsp3) is 0.529. The number of piperidine rings is 1. The largest absolute Gasteiger partial charge is 0.480 e. The zero-order valence-corrected chi connectivity index (χ0v) is 15.5. The maximum Gasteiger partial charge on any atom is 0.326 e. The van der Waals surface area contributed by atoms with Crippen LogP contribution in [0.25, 0.3) is 0 Å². The predicted molar refractivity (Wildman–Crippen MR) is 92.5 cm³/mol. The van der Waals surface area contributed by atoms with E-state index in [1.54, 1.807) is 24.3 Å². The molecule has 1 heterocycles. The number of sulfonamides is 1. The second-order valence-electron chi connectivity index (χ2n) is 6.48. The Morgan fingerprint density at radius 1 is 1.28 bits per heavy atom. The molecule has 0 spiro atoms. The van der Waals surface area contributed by atoms with E-state index in [1.165, 1.54) is 23.2 Å². The summed E-state index contributed by atoms with van der Waals surface area (Å²) >= 11 is 0. The molecule has 0 aromatic heterocycles. The van der Waals surface area contributed by atoms with Crippen LogP contribution in [-0.2, 0) is 19.6 Å². The van der Waals surface area contributed by atoms with Crippen LogP contribution in [0.4, 0.5) is 0 Å². The standard InChI is InChI=1S/C17H24N2O5S/c1-12-6-8-15(9-7-12)25(23,24)19-10-4-5-14(11-19)16(20)18(3)13(2)17(21)22/h6-9,13-14H,4-5,10-11H2,1-3H3,(H,21,22). The van der Waals surface area contributed by atoms with Gasteiger partial charge in [-0.05, 0) is 38.8 Å². The topological polar surface area (TPSA) is 95.0 Å². The molecule has 1 aliphatic heterocycles. The van der Waals surface area contributed by atoms with Gasteiger partial charge < -0.3 is 10.0 Å². The first kappa shape index (κ1) is 19.4. The molecule has 1 amide bonds. The molecule has 1 saturated heterocycles. The molecule has 1 aliphatic rings. The number of nitrogens with zero attached hydrogens (tertiary/aromatic N) is 2.